The Kier molecular flexibility index (Phi) is 4.24. The molecule has 4 N–H and O–H groups in total. The van der Waals surface area contributed by atoms with E-state index >= 15 is 0 Å². The SMILES string of the molecule is Cc1ccc(N)c(C)c1N.ClCC1CO1. The minimum absolute atomic E-state index is 0.400. The Morgan fingerprint density at radius 2 is 2.00 bits per heavy atom. The average molecular weight is 229 g/mol. The van der Waals surface area contributed by atoms with Crippen LogP contribution >= 0.6 is 11.6 Å². The first kappa shape index (κ1) is 12.1. The highest BCUT2D eigenvalue weighted by Gasteiger charge is 2.19. The lowest BCUT2D eigenvalue weighted by molar-refractivity contribution is 0.425. The summed E-state index contributed by atoms with van der Waals surface area (Å²) in [5.41, 5.74) is 15.0. The van der Waals surface area contributed by atoms with E-state index in [1.165, 1.54) is 0 Å². The monoisotopic (exact) mass is 228 g/mol. The molecular weight excluding hydrogens is 212 g/mol. The maximum Gasteiger partial charge on any atom is 0.0944 e. The zero-order chi connectivity index (χ0) is 11.4. The maximum atomic E-state index is 5.70. The molecule has 15 heavy (non-hydrogen) atoms. The number of nitrogens with two attached hydrogens (primary N) is 2. The number of aryl methyl sites for hydroxylation is 1. The number of epoxide rings is 1. The van der Waals surface area contributed by atoms with Crippen LogP contribution in [-0.2, 0) is 4.74 Å². The fourth-order valence-electron chi connectivity index (χ4n) is 1.04. The Balaban J connectivity index is 0.000000187. The van der Waals surface area contributed by atoms with E-state index in [1.54, 1.807) is 0 Å². The number of rotatable bonds is 1. The van der Waals surface area contributed by atoms with Crippen molar-refractivity contribution >= 4 is 23.0 Å². The van der Waals surface area contributed by atoms with Crippen LogP contribution in [0.3, 0.4) is 0 Å². The lowest BCUT2D eigenvalue weighted by Gasteiger charge is -2.05. The summed E-state index contributed by atoms with van der Waals surface area (Å²) in [5.74, 6) is 0.667. The topological polar surface area (TPSA) is 64.6 Å². The van der Waals surface area contributed by atoms with Gasteiger partial charge in [-0.3, -0.25) is 0 Å². The molecule has 1 aliphatic rings. The molecular formula is C11H17ClN2O. The summed E-state index contributed by atoms with van der Waals surface area (Å²) in [6.45, 7) is 4.78. The number of hydrogen-bond acceptors (Lipinski definition) is 3. The van der Waals surface area contributed by atoms with Gasteiger partial charge in [0.25, 0.3) is 0 Å². The van der Waals surface area contributed by atoms with Gasteiger partial charge < -0.3 is 16.2 Å². The molecule has 84 valence electrons. The van der Waals surface area contributed by atoms with E-state index in [2.05, 4.69) is 0 Å². The molecule has 1 unspecified atom stereocenters. The number of nitrogen functional groups attached to an aromatic ring is 2. The summed E-state index contributed by atoms with van der Waals surface area (Å²) in [6.07, 6.45) is 0.400. The first-order valence-electron chi connectivity index (χ1n) is 4.85. The molecule has 3 nitrogen and oxygen atoms in total. The molecule has 1 aromatic carbocycles. The predicted molar refractivity (Wildman–Crippen MR) is 65.2 cm³/mol. The van der Waals surface area contributed by atoms with Gasteiger partial charge in [0.2, 0.25) is 0 Å². The van der Waals surface area contributed by atoms with Crippen molar-refractivity contribution in [2.75, 3.05) is 24.0 Å². The van der Waals surface area contributed by atoms with Crippen LogP contribution in [0.25, 0.3) is 0 Å². The van der Waals surface area contributed by atoms with Crippen molar-refractivity contribution in [3.8, 4) is 0 Å². The van der Waals surface area contributed by atoms with Gasteiger partial charge in [-0.05, 0) is 31.0 Å². The first-order chi connectivity index (χ1) is 7.06. The summed E-state index contributed by atoms with van der Waals surface area (Å²) in [7, 11) is 0. The normalized spacial score (nSPS) is 17.9. The molecule has 0 bridgehead atoms. The number of ether oxygens (including phenoxy) is 1. The van der Waals surface area contributed by atoms with E-state index in [0.29, 0.717) is 12.0 Å². The Hall–Kier alpha value is -0.930. The zero-order valence-corrected chi connectivity index (χ0v) is 9.84. The first-order valence-corrected chi connectivity index (χ1v) is 5.38. The van der Waals surface area contributed by atoms with Crippen molar-refractivity contribution in [2.45, 2.75) is 20.0 Å². The van der Waals surface area contributed by atoms with Crippen LogP contribution in [-0.4, -0.2) is 18.6 Å². The van der Waals surface area contributed by atoms with E-state index in [4.69, 9.17) is 27.8 Å². The molecule has 1 saturated heterocycles. The van der Waals surface area contributed by atoms with Gasteiger partial charge in [-0.2, -0.15) is 0 Å². The summed E-state index contributed by atoms with van der Waals surface area (Å²) in [6, 6.07) is 3.80. The fourth-order valence-corrected chi connectivity index (χ4v) is 1.22. The number of anilines is 2. The Morgan fingerprint density at radius 3 is 2.33 bits per heavy atom. The minimum atomic E-state index is 0.400. The number of halogens is 1. The van der Waals surface area contributed by atoms with Gasteiger partial charge >= 0.3 is 0 Å². The third-order valence-corrected chi connectivity index (χ3v) is 2.69. The van der Waals surface area contributed by atoms with Crippen molar-refractivity contribution in [3.05, 3.63) is 23.3 Å². The molecule has 4 heteroatoms. The predicted octanol–water partition coefficient (Wildman–Crippen LogP) is 2.09. The van der Waals surface area contributed by atoms with E-state index in [9.17, 15) is 0 Å². The van der Waals surface area contributed by atoms with Crippen LogP contribution in [0.4, 0.5) is 11.4 Å². The maximum absolute atomic E-state index is 5.70. The third kappa shape index (κ3) is 3.61. The molecule has 1 atom stereocenters. The highest BCUT2D eigenvalue weighted by molar-refractivity contribution is 6.18. The molecule has 1 aromatic rings. The standard InChI is InChI=1S/C8H12N2.C3H5ClO/c1-5-3-4-7(9)6(2)8(5)10;4-1-3-2-5-3/h3-4H,9-10H2,1-2H3;3H,1-2H2. The number of alkyl halides is 1. The van der Waals surface area contributed by atoms with Gasteiger partial charge in [-0.25, -0.2) is 0 Å². The van der Waals surface area contributed by atoms with Gasteiger partial charge in [0.1, 0.15) is 0 Å². The van der Waals surface area contributed by atoms with Crippen molar-refractivity contribution < 1.29 is 4.74 Å². The summed E-state index contributed by atoms with van der Waals surface area (Å²) in [4.78, 5) is 0. The zero-order valence-electron chi connectivity index (χ0n) is 9.09. The van der Waals surface area contributed by atoms with Gasteiger partial charge in [-0.15, -0.1) is 11.6 Å². The Morgan fingerprint density at radius 1 is 1.40 bits per heavy atom. The second-order valence-corrected chi connectivity index (χ2v) is 3.93. The van der Waals surface area contributed by atoms with Crippen molar-refractivity contribution in [1.82, 2.24) is 0 Å². The number of hydrogen-bond donors (Lipinski definition) is 2. The quantitative estimate of drug-likeness (QED) is 0.440. The van der Waals surface area contributed by atoms with Gasteiger partial charge in [0.15, 0.2) is 0 Å². The highest BCUT2D eigenvalue weighted by Crippen LogP contribution is 2.21. The van der Waals surface area contributed by atoms with Crippen LogP contribution in [0, 0.1) is 13.8 Å². The summed E-state index contributed by atoms with van der Waals surface area (Å²) < 4.78 is 4.73. The molecule has 1 fully saturated rings. The van der Waals surface area contributed by atoms with E-state index in [-0.39, 0.29) is 0 Å². The summed E-state index contributed by atoms with van der Waals surface area (Å²) >= 11 is 5.27. The Bertz CT molecular complexity index is 311. The van der Waals surface area contributed by atoms with Crippen LogP contribution < -0.4 is 11.5 Å². The second kappa shape index (κ2) is 5.24. The number of benzene rings is 1. The van der Waals surface area contributed by atoms with Crippen molar-refractivity contribution in [3.63, 3.8) is 0 Å². The highest BCUT2D eigenvalue weighted by atomic mass is 35.5. The lowest BCUT2D eigenvalue weighted by Crippen LogP contribution is -1.97. The molecule has 0 amide bonds. The molecule has 0 saturated carbocycles. The van der Waals surface area contributed by atoms with Crippen LogP contribution in [0.2, 0.25) is 0 Å². The van der Waals surface area contributed by atoms with E-state index in [1.807, 2.05) is 26.0 Å². The largest absolute Gasteiger partial charge is 0.398 e. The molecule has 0 aromatic heterocycles. The van der Waals surface area contributed by atoms with Crippen LogP contribution in [0.5, 0.6) is 0 Å². The van der Waals surface area contributed by atoms with Crippen LogP contribution in [0.15, 0.2) is 12.1 Å². The molecule has 0 aliphatic carbocycles. The van der Waals surface area contributed by atoms with Crippen LogP contribution in [0.1, 0.15) is 11.1 Å². The molecule has 0 spiro atoms. The van der Waals surface area contributed by atoms with Gasteiger partial charge in [0.05, 0.1) is 18.6 Å². The minimum Gasteiger partial charge on any atom is -0.398 e. The second-order valence-electron chi connectivity index (χ2n) is 3.62. The summed E-state index contributed by atoms with van der Waals surface area (Å²) in [5, 5.41) is 0. The molecule has 1 heterocycles. The Labute approximate surface area is 95.4 Å². The molecule has 1 aliphatic heterocycles. The van der Waals surface area contributed by atoms with Crippen molar-refractivity contribution in [1.29, 1.82) is 0 Å². The smallest absolute Gasteiger partial charge is 0.0944 e. The third-order valence-electron chi connectivity index (χ3n) is 2.35. The van der Waals surface area contributed by atoms with Gasteiger partial charge in [-0.1, -0.05) is 6.07 Å². The van der Waals surface area contributed by atoms with Crippen molar-refractivity contribution in [2.24, 2.45) is 0 Å². The lowest BCUT2D eigenvalue weighted by atomic mass is 10.1. The fraction of sp³-hybridized carbons (Fsp3) is 0.455. The van der Waals surface area contributed by atoms with E-state index < -0.39 is 0 Å². The van der Waals surface area contributed by atoms with E-state index in [0.717, 1.165) is 29.1 Å². The molecule has 0 radical (unpaired) electrons. The molecule has 2 rings (SSSR count). The van der Waals surface area contributed by atoms with Gasteiger partial charge in [0, 0.05) is 11.4 Å². The average Bonchev–Trinajstić information content (AvgIpc) is 3.05.